The highest BCUT2D eigenvalue weighted by Gasteiger charge is 2.21. The van der Waals surface area contributed by atoms with E-state index in [1.54, 1.807) is 26.6 Å². The van der Waals surface area contributed by atoms with E-state index in [1.165, 1.54) is 0 Å². The van der Waals surface area contributed by atoms with E-state index < -0.39 is 0 Å². The molecular weight excluding hydrogens is 326 g/mol. The van der Waals surface area contributed by atoms with Crippen LogP contribution in [0, 0.1) is 0 Å². The highest BCUT2D eigenvalue weighted by molar-refractivity contribution is 5.85. The Morgan fingerprint density at radius 3 is 2.08 bits per heavy atom. The Balaban J connectivity index is 1.82. The fourth-order valence-electron chi connectivity index (χ4n) is 3.11. The number of hydrogen-bond donors (Lipinski definition) is 0. The van der Waals surface area contributed by atoms with Gasteiger partial charge in [0.1, 0.15) is 23.1 Å². The summed E-state index contributed by atoms with van der Waals surface area (Å²) in [5, 5.41) is 0. The summed E-state index contributed by atoms with van der Waals surface area (Å²) >= 11 is 0. The molecule has 5 nitrogen and oxygen atoms in total. The van der Waals surface area contributed by atoms with Gasteiger partial charge in [0, 0.05) is 35.2 Å². The molecule has 3 aromatic rings. The van der Waals surface area contributed by atoms with Crippen LogP contribution in [0.2, 0.25) is 0 Å². The molecule has 0 bridgehead atoms. The summed E-state index contributed by atoms with van der Waals surface area (Å²) in [6.45, 7) is 0.586. The predicted octanol–water partition coefficient (Wildman–Crippen LogP) is 4.32. The lowest BCUT2D eigenvalue weighted by molar-refractivity contribution is 0.391. The fourth-order valence-corrected chi connectivity index (χ4v) is 3.11. The van der Waals surface area contributed by atoms with Gasteiger partial charge in [0.2, 0.25) is 0 Å². The lowest BCUT2D eigenvalue weighted by Gasteiger charge is -2.25. The normalized spacial score (nSPS) is 12.2. The summed E-state index contributed by atoms with van der Waals surface area (Å²) in [6, 6.07) is 13.8. The molecule has 1 aliphatic rings. The van der Waals surface area contributed by atoms with Crippen LogP contribution in [0.25, 0.3) is 12.2 Å². The molecule has 3 heterocycles. The molecule has 1 aliphatic heterocycles. The molecule has 0 spiro atoms. The number of hydrogen-bond acceptors (Lipinski definition) is 5. The third kappa shape index (κ3) is 2.88. The molecule has 0 N–H and O–H groups in total. The van der Waals surface area contributed by atoms with Gasteiger partial charge < -0.3 is 14.4 Å². The minimum Gasteiger partial charge on any atom is -0.497 e. The topological polar surface area (TPSA) is 47.5 Å². The van der Waals surface area contributed by atoms with Gasteiger partial charge in [0.15, 0.2) is 0 Å². The van der Waals surface area contributed by atoms with Gasteiger partial charge in [-0.2, -0.15) is 0 Å². The number of pyridine rings is 2. The van der Waals surface area contributed by atoms with E-state index in [2.05, 4.69) is 39.2 Å². The minimum atomic E-state index is 0.586. The Labute approximate surface area is 152 Å². The van der Waals surface area contributed by atoms with Gasteiger partial charge >= 0.3 is 0 Å². The van der Waals surface area contributed by atoms with Crippen molar-refractivity contribution in [3.8, 4) is 11.5 Å². The number of anilines is 2. The average molecular weight is 345 g/mol. The van der Waals surface area contributed by atoms with Crippen molar-refractivity contribution < 1.29 is 9.47 Å². The largest absolute Gasteiger partial charge is 0.497 e. The van der Waals surface area contributed by atoms with Gasteiger partial charge in [0.25, 0.3) is 0 Å². The Morgan fingerprint density at radius 2 is 1.50 bits per heavy atom. The maximum atomic E-state index is 5.57. The first-order valence-electron chi connectivity index (χ1n) is 8.36. The van der Waals surface area contributed by atoms with Crippen LogP contribution in [0.15, 0.2) is 54.9 Å². The second-order valence-corrected chi connectivity index (χ2v) is 5.93. The van der Waals surface area contributed by atoms with Gasteiger partial charge in [-0.3, -0.25) is 0 Å². The van der Waals surface area contributed by atoms with E-state index in [4.69, 9.17) is 9.47 Å². The van der Waals surface area contributed by atoms with Crippen LogP contribution in [0.5, 0.6) is 11.5 Å². The van der Waals surface area contributed by atoms with Crippen LogP contribution in [-0.2, 0) is 6.54 Å². The number of ether oxygens (including phenoxy) is 2. The molecule has 26 heavy (non-hydrogen) atoms. The first-order valence-corrected chi connectivity index (χ1v) is 8.36. The maximum absolute atomic E-state index is 5.57. The number of methoxy groups -OCH3 is 2. The first-order chi connectivity index (χ1) is 12.8. The number of fused-ring (bicyclic) bond motifs is 2. The molecule has 0 atom stereocenters. The molecule has 0 aliphatic carbocycles. The van der Waals surface area contributed by atoms with Crippen LogP contribution in [-0.4, -0.2) is 24.2 Å². The molecule has 0 saturated heterocycles. The summed E-state index contributed by atoms with van der Waals surface area (Å²) in [4.78, 5) is 11.3. The predicted molar refractivity (Wildman–Crippen MR) is 103 cm³/mol. The van der Waals surface area contributed by atoms with Gasteiger partial charge in [-0.1, -0.05) is 12.2 Å². The first kappa shape index (κ1) is 16.1. The second-order valence-electron chi connectivity index (χ2n) is 5.93. The Morgan fingerprint density at radius 1 is 0.846 bits per heavy atom. The molecule has 0 radical (unpaired) electrons. The quantitative estimate of drug-likeness (QED) is 0.705. The van der Waals surface area contributed by atoms with Crippen LogP contribution in [0.1, 0.15) is 16.7 Å². The standard InChI is InChI=1S/C21H19N3O2/c1-25-18-10-9-17(19(13-18)26-2)14-24-20-15(5-3-11-22-20)7-8-16-6-4-12-23-21(16)24/h3-13H,14H2,1-2H3. The van der Waals surface area contributed by atoms with Crippen molar-refractivity contribution in [2.24, 2.45) is 0 Å². The van der Waals surface area contributed by atoms with Gasteiger partial charge in [-0.25, -0.2) is 9.97 Å². The zero-order valence-corrected chi connectivity index (χ0v) is 14.7. The van der Waals surface area contributed by atoms with Crippen molar-refractivity contribution in [1.82, 2.24) is 9.97 Å². The van der Waals surface area contributed by atoms with E-state index in [0.717, 1.165) is 39.8 Å². The maximum Gasteiger partial charge on any atom is 0.141 e. The molecular formula is C21H19N3O2. The van der Waals surface area contributed by atoms with Gasteiger partial charge in [0.05, 0.1) is 20.8 Å². The lowest BCUT2D eigenvalue weighted by atomic mass is 10.1. The van der Waals surface area contributed by atoms with Crippen molar-refractivity contribution in [1.29, 1.82) is 0 Å². The molecule has 4 rings (SSSR count). The second kappa shape index (κ2) is 6.88. The van der Waals surface area contributed by atoms with Crippen molar-refractivity contribution in [2.45, 2.75) is 6.54 Å². The molecule has 2 aromatic heterocycles. The SMILES string of the molecule is COc1ccc(CN2c3ncccc3C=Cc3cccnc32)c(OC)c1. The summed E-state index contributed by atoms with van der Waals surface area (Å²) in [6.07, 6.45) is 7.76. The Kier molecular flexibility index (Phi) is 4.27. The molecule has 0 fully saturated rings. The third-order valence-corrected chi connectivity index (χ3v) is 4.41. The van der Waals surface area contributed by atoms with E-state index in [-0.39, 0.29) is 0 Å². The molecule has 0 unspecified atom stereocenters. The summed E-state index contributed by atoms with van der Waals surface area (Å²) in [5.41, 5.74) is 3.14. The van der Waals surface area contributed by atoms with E-state index in [0.29, 0.717) is 6.54 Å². The monoisotopic (exact) mass is 345 g/mol. The van der Waals surface area contributed by atoms with E-state index >= 15 is 0 Å². The van der Waals surface area contributed by atoms with Crippen molar-refractivity contribution in [3.63, 3.8) is 0 Å². The number of aromatic nitrogens is 2. The number of rotatable bonds is 4. The van der Waals surface area contributed by atoms with Crippen LogP contribution in [0.4, 0.5) is 11.6 Å². The zero-order valence-electron chi connectivity index (χ0n) is 14.7. The fraction of sp³-hybridized carbons (Fsp3) is 0.143. The third-order valence-electron chi connectivity index (χ3n) is 4.41. The smallest absolute Gasteiger partial charge is 0.141 e. The molecule has 0 saturated carbocycles. The molecule has 130 valence electrons. The van der Waals surface area contributed by atoms with E-state index in [9.17, 15) is 0 Å². The average Bonchev–Trinajstić information content (AvgIpc) is 2.86. The van der Waals surface area contributed by atoms with Crippen molar-refractivity contribution in [2.75, 3.05) is 19.1 Å². The molecule has 1 aromatic carbocycles. The summed E-state index contributed by atoms with van der Waals surface area (Å²) < 4.78 is 10.9. The van der Waals surface area contributed by atoms with Crippen molar-refractivity contribution >= 4 is 23.8 Å². The molecule has 0 amide bonds. The highest BCUT2D eigenvalue weighted by Crippen LogP contribution is 2.36. The number of benzene rings is 1. The Bertz CT molecular complexity index is 919. The van der Waals surface area contributed by atoms with E-state index in [1.807, 2.05) is 30.3 Å². The highest BCUT2D eigenvalue weighted by atomic mass is 16.5. The molecule has 5 heteroatoms. The lowest BCUT2D eigenvalue weighted by Crippen LogP contribution is -2.20. The van der Waals surface area contributed by atoms with Crippen LogP contribution >= 0.6 is 0 Å². The summed E-state index contributed by atoms with van der Waals surface area (Å²) in [7, 11) is 3.32. The summed E-state index contributed by atoms with van der Waals surface area (Å²) in [5.74, 6) is 3.29. The zero-order chi connectivity index (χ0) is 17.9. The van der Waals surface area contributed by atoms with Crippen LogP contribution in [0.3, 0.4) is 0 Å². The Hall–Kier alpha value is -3.34. The van der Waals surface area contributed by atoms with Crippen LogP contribution < -0.4 is 14.4 Å². The van der Waals surface area contributed by atoms with Gasteiger partial charge in [-0.15, -0.1) is 0 Å². The van der Waals surface area contributed by atoms with Crippen molar-refractivity contribution in [3.05, 3.63) is 71.5 Å². The van der Waals surface area contributed by atoms with Gasteiger partial charge in [-0.05, 0) is 36.4 Å². The minimum absolute atomic E-state index is 0.586. The number of nitrogens with zero attached hydrogens (tertiary/aromatic N) is 3.